The number of ketones is 1. The van der Waals surface area contributed by atoms with Gasteiger partial charge in [0, 0.05) is 11.1 Å². The Hall–Kier alpha value is -1.34. The first-order valence-corrected chi connectivity index (χ1v) is 5.44. The topological polar surface area (TPSA) is 50.1 Å². The molecule has 0 fully saturated rings. The quantitative estimate of drug-likeness (QED) is 0.625. The number of carbonyl (C=O) groups is 1. The summed E-state index contributed by atoms with van der Waals surface area (Å²) in [4.78, 5) is 11.6. The maximum atomic E-state index is 11.6. The molecule has 0 aromatic heterocycles. The highest BCUT2D eigenvalue weighted by Gasteiger charge is 2.16. The van der Waals surface area contributed by atoms with Gasteiger partial charge in [-0.25, -0.2) is 0 Å². The molecule has 0 radical (unpaired) electrons. The third-order valence-electron chi connectivity index (χ3n) is 2.16. The Morgan fingerprint density at radius 2 is 2.27 bits per heavy atom. The minimum absolute atomic E-state index is 0.108. The lowest BCUT2D eigenvalue weighted by Gasteiger charge is -2.10. The molecule has 3 nitrogen and oxygen atoms in total. The van der Waals surface area contributed by atoms with E-state index in [9.17, 15) is 4.79 Å². The van der Waals surface area contributed by atoms with Gasteiger partial charge in [0.15, 0.2) is 5.78 Å². The van der Waals surface area contributed by atoms with Gasteiger partial charge in [0.25, 0.3) is 0 Å². The molecule has 0 spiro atoms. The fourth-order valence-electron chi connectivity index (χ4n) is 1.43. The normalized spacial score (nSPS) is 9.47. The summed E-state index contributed by atoms with van der Waals surface area (Å²) in [5.74, 6) is 0.515. The first-order valence-electron chi connectivity index (χ1n) is 4.32. The van der Waals surface area contributed by atoms with Gasteiger partial charge >= 0.3 is 0 Å². The number of nitrogens with zero attached hydrogens (tertiary/aromatic N) is 1. The van der Waals surface area contributed by atoms with E-state index in [2.05, 4.69) is 15.9 Å². The second-order valence-corrected chi connectivity index (χ2v) is 3.54. The number of hydrogen-bond donors (Lipinski definition) is 0. The van der Waals surface area contributed by atoms with Gasteiger partial charge in [-0.2, -0.15) is 5.26 Å². The smallest absolute Gasteiger partial charge is 0.175 e. The SMILES string of the molecule is COc1ccc(C#N)c(C(=O)CBr)c1C. The van der Waals surface area contributed by atoms with Crippen molar-refractivity contribution in [1.29, 1.82) is 5.26 Å². The molecule has 1 aromatic carbocycles. The molecule has 15 heavy (non-hydrogen) atoms. The van der Waals surface area contributed by atoms with Crippen LogP contribution in [0.3, 0.4) is 0 Å². The summed E-state index contributed by atoms with van der Waals surface area (Å²) in [6.07, 6.45) is 0. The molecular formula is C11H10BrNO2. The van der Waals surface area contributed by atoms with E-state index in [1.807, 2.05) is 6.07 Å². The summed E-state index contributed by atoms with van der Waals surface area (Å²) in [5.41, 5.74) is 1.53. The fourth-order valence-corrected chi connectivity index (χ4v) is 1.71. The van der Waals surface area contributed by atoms with E-state index >= 15 is 0 Å². The van der Waals surface area contributed by atoms with Gasteiger partial charge in [0.05, 0.1) is 24.1 Å². The van der Waals surface area contributed by atoms with Gasteiger partial charge in [0.1, 0.15) is 5.75 Å². The summed E-state index contributed by atoms with van der Waals surface area (Å²) in [5, 5.41) is 9.10. The maximum absolute atomic E-state index is 11.6. The maximum Gasteiger partial charge on any atom is 0.175 e. The fraction of sp³-hybridized carbons (Fsp3) is 0.273. The zero-order valence-corrected chi connectivity index (χ0v) is 10.1. The zero-order valence-electron chi connectivity index (χ0n) is 8.50. The molecule has 0 amide bonds. The second kappa shape index (κ2) is 4.94. The van der Waals surface area contributed by atoms with E-state index < -0.39 is 0 Å². The molecule has 0 unspecified atom stereocenters. The van der Waals surface area contributed by atoms with Crippen LogP contribution in [0.2, 0.25) is 0 Å². The van der Waals surface area contributed by atoms with Crippen LogP contribution in [-0.2, 0) is 0 Å². The van der Waals surface area contributed by atoms with Gasteiger partial charge in [-0.3, -0.25) is 4.79 Å². The molecule has 0 saturated heterocycles. The van der Waals surface area contributed by atoms with E-state index in [0.29, 0.717) is 22.4 Å². The summed E-state index contributed by atoms with van der Waals surface area (Å²) in [7, 11) is 1.54. The zero-order chi connectivity index (χ0) is 11.4. The van der Waals surface area contributed by atoms with Crippen molar-refractivity contribution < 1.29 is 9.53 Å². The standard InChI is InChI=1S/C11H10BrNO2/c1-7-10(15-2)4-3-8(6-13)11(7)9(14)5-12/h3-4H,5H2,1-2H3. The van der Waals surface area contributed by atoms with Gasteiger partial charge in [-0.1, -0.05) is 15.9 Å². The number of rotatable bonds is 3. The minimum atomic E-state index is -0.108. The average Bonchev–Trinajstić information content (AvgIpc) is 2.27. The third-order valence-corrected chi connectivity index (χ3v) is 2.67. The molecule has 4 heteroatoms. The molecule has 1 aromatic rings. The van der Waals surface area contributed by atoms with Crippen LogP contribution in [-0.4, -0.2) is 18.2 Å². The number of alkyl halides is 1. The van der Waals surface area contributed by atoms with E-state index in [0.717, 1.165) is 0 Å². The number of ether oxygens (including phenoxy) is 1. The molecule has 0 aliphatic rings. The number of carbonyl (C=O) groups excluding carboxylic acids is 1. The number of methoxy groups -OCH3 is 1. The predicted octanol–water partition coefficient (Wildman–Crippen LogP) is 2.45. The Labute approximate surface area is 96.8 Å². The van der Waals surface area contributed by atoms with Gasteiger partial charge in [-0.05, 0) is 19.1 Å². The van der Waals surface area contributed by atoms with Crippen LogP contribution >= 0.6 is 15.9 Å². The number of nitriles is 1. The van der Waals surface area contributed by atoms with Crippen molar-refractivity contribution >= 4 is 21.7 Å². The largest absolute Gasteiger partial charge is 0.496 e. The summed E-state index contributed by atoms with van der Waals surface area (Å²) in [6.45, 7) is 1.77. The Morgan fingerprint density at radius 1 is 1.60 bits per heavy atom. The van der Waals surface area contributed by atoms with E-state index in [-0.39, 0.29) is 11.1 Å². The first kappa shape index (κ1) is 11.7. The molecule has 0 heterocycles. The molecule has 0 bridgehead atoms. The Balaban J connectivity index is 3.44. The molecule has 0 N–H and O–H groups in total. The summed E-state index contributed by atoms with van der Waals surface area (Å²) in [6, 6.07) is 5.30. The van der Waals surface area contributed by atoms with Crippen molar-refractivity contribution in [3.63, 3.8) is 0 Å². The van der Waals surface area contributed by atoms with Crippen LogP contribution in [0.15, 0.2) is 12.1 Å². The first-order chi connectivity index (χ1) is 7.15. The van der Waals surface area contributed by atoms with Crippen molar-refractivity contribution in [3.8, 4) is 11.8 Å². The highest BCUT2D eigenvalue weighted by atomic mass is 79.9. The minimum Gasteiger partial charge on any atom is -0.496 e. The van der Waals surface area contributed by atoms with Gasteiger partial charge in [-0.15, -0.1) is 0 Å². The number of halogens is 1. The van der Waals surface area contributed by atoms with Crippen molar-refractivity contribution in [3.05, 3.63) is 28.8 Å². The third kappa shape index (κ3) is 2.18. The van der Waals surface area contributed by atoms with Crippen LogP contribution in [0.5, 0.6) is 5.75 Å². The molecule has 78 valence electrons. The second-order valence-electron chi connectivity index (χ2n) is 2.98. The van der Waals surface area contributed by atoms with Crippen LogP contribution in [0.1, 0.15) is 21.5 Å². The molecular weight excluding hydrogens is 258 g/mol. The number of Topliss-reactive ketones (excluding diaryl/α,β-unsaturated/α-hetero) is 1. The number of hydrogen-bond acceptors (Lipinski definition) is 3. The predicted molar refractivity (Wildman–Crippen MR) is 60.6 cm³/mol. The van der Waals surface area contributed by atoms with Crippen molar-refractivity contribution in [1.82, 2.24) is 0 Å². The highest BCUT2D eigenvalue weighted by Crippen LogP contribution is 2.25. The van der Waals surface area contributed by atoms with Crippen molar-refractivity contribution in [2.45, 2.75) is 6.92 Å². The summed E-state index contributed by atoms with van der Waals surface area (Å²) < 4.78 is 5.10. The number of benzene rings is 1. The van der Waals surface area contributed by atoms with Gasteiger partial charge in [0.2, 0.25) is 0 Å². The van der Waals surface area contributed by atoms with Crippen LogP contribution in [0, 0.1) is 18.3 Å². The lowest BCUT2D eigenvalue weighted by Crippen LogP contribution is -2.07. The Kier molecular flexibility index (Phi) is 3.87. The lowest BCUT2D eigenvalue weighted by molar-refractivity contribution is 0.102. The Morgan fingerprint density at radius 3 is 2.73 bits per heavy atom. The van der Waals surface area contributed by atoms with Crippen LogP contribution in [0.25, 0.3) is 0 Å². The molecule has 0 aliphatic carbocycles. The van der Waals surface area contributed by atoms with E-state index in [1.165, 1.54) is 7.11 Å². The van der Waals surface area contributed by atoms with E-state index in [1.54, 1.807) is 19.1 Å². The molecule has 0 aliphatic heterocycles. The van der Waals surface area contributed by atoms with E-state index in [4.69, 9.17) is 10.00 Å². The van der Waals surface area contributed by atoms with Crippen LogP contribution < -0.4 is 4.74 Å². The van der Waals surface area contributed by atoms with Crippen molar-refractivity contribution in [2.75, 3.05) is 12.4 Å². The summed E-state index contributed by atoms with van der Waals surface area (Å²) >= 11 is 3.10. The molecule has 0 atom stereocenters. The Bertz CT molecular complexity index is 435. The lowest BCUT2D eigenvalue weighted by atomic mass is 9.99. The highest BCUT2D eigenvalue weighted by molar-refractivity contribution is 9.09. The monoisotopic (exact) mass is 267 g/mol. The van der Waals surface area contributed by atoms with Crippen LogP contribution in [0.4, 0.5) is 0 Å². The van der Waals surface area contributed by atoms with Crippen molar-refractivity contribution in [2.24, 2.45) is 0 Å². The molecule has 0 saturated carbocycles. The van der Waals surface area contributed by atoms with Gasteiger partial charge < -0.3 is 4.74 Å². The molecule has 1 rings (SSSR count). The average molecular weight is 268 g/mol.